The fourth-order valence-corrected chi connectivity index (χ4v) is 2.40. The molecule has 0 atom stereocenters. The van der Waals surface area contributed by atoms with Gasteiger partial charge in [-0.05, 0) is 40.5 Å². The van der Waals surface area contributed by atoms with Crippen molar-refractivity contribution in [1.29, 1.82) is 0 Å². The Kier molecular flexibility index (Phi) is 4.50. The van der Waals surface area contributed by atoms with E-state index in [1.54, 1.807) is 6.07 Å². The molecule has 0 aliphatic rings. The molecule has 18 heavy (non-hydrogen) atoms. The van der Waals surface area contributed by atoms with Gasteiger partial charge >= 0.3 is 0 Å². The van der Waals surface area contributed by atoms with Gasteiger partial charge in [0.15, 0.2) is 5.82 Å². The fourth-order valence-electron chi connectivity index (χ4n) is 1.74. The highest BCUT2D eigenvalue weighted by Crippen LogP contribution is 2.24. The van der Waals surface area contributed by atoms with E-state index in [0.29, 0.717) is 15.6 Å². The van der Waals surface area contributed by atoms with Crippen molar-refractivity contribution >= 4 is 31.9 Å². The first kappa shape index (κ1) is 13.7. The summed E-state index contributed by atoms with van der Waals surface area (Å²) in [6, 6.07) is 4.99. The Morgan fingerprint density at radius 3 is 2.72 bits per heavy atom. The first-order valence-electron chi connectivity index (χ1n) is 5.60. The highest BCUT2D eigenvalue weighted by Gasteiger charge is 2.13. The van der Waals surface area contributed by atoms with E-state index in [-0.39, 0.29) is 5.82 Å². The molecule has 0 saturated carbocycles. The fraction of sp³-hybridized carbons (Fsp3) is 0.333. The number of benzene rings is 1. The van der Waals surface area contributed by atoms with Gasteiger partial charge in [-0.25, -0.2) is 4.39 Å². The maximum atomic E-state index is 13.6. The zero-order chi connectivity index (χ0) is 13.1. The Bertz CT molecular complexity index is 554. The van der Waals surface area contributed by atoms with Crippen LogP contribution in [0.2, 0.25) is 0 Å². The molecule has 96 valence electrons. The molecule has 0 spiro atoms. The van der Waals surface area contributed by atoms with Crippen LogP contribution in [0, 0.1) is 5.82 Å². The van der Waals surface area contributed by atoms with Crippen molar-refractivity contribution in [2.24, 2.45) is 0 Å². The van der Waals surface area contributed by atoms with Crippen LogP contribution in [0.25, 0.3) is 11.4 Å². The average molecular weight is 377 g/mol. The molecule has 1 heterocycles. The molecule has 1 aromatic heterocycles. The van der Waals surface area contributed by atoms with Gasteiger partial charge in [0.05, 0.1) is 9.80 Å². The molecule has 6 heteroatoms. The van der Waals surface area contributed by atoms with E-state index in [0.717, 1.165) is 24.4 Å². The van der Waals surface area contributed by atoms with Crippen LogP contribution in [0.15, 0.2) is 22.7 Å². The summed E-state index contributed by atoms with van der Waals surface area (Å²) in [5.41, 5.74) is 0.740. The third kappa shape index (κ3) is 2.64. The minimum Gasteiger partial charge on any atom is -0.310 e. The van der Waals surface area contributed by atoms with Gasteiger partial charge in [-0.15, -0.1) is 10.2 Å². The summed E-state index contributed by atoms with van der Waals surface area (Å²) in [4.78, 5) is 0. The lowest BCUT2D eigenvalue weighted by atomic mass is 10.2. The van der Waals surface area contributed by atoms with Crippen LogP contribution < -0.4 is 0 Å². The molecular weight excluding hydrogens is 365 g/mol. The number of halogens is 3. The van der Waals surface area contributed by atoms with E-state index in [1.807, 2.05) is 10.6 Å². The van der Waals surface area contributed by atoms with Gasteiger partial charge in [0, 0.05) is 12.1 Å². The van der Waals surface area contributed by atoms with Gasteiger partial charge in [0.2, 0.25) is 0 Å². The second-order valence-electron chi connectivity index (χ2n) is 3.85. The molecule has 0 aliphatic carbocycles. The molecule has 2 aromatic rings. The molecule has 0 unspecified atom stereocenters. The van der Waals surface area contributed by atoms with E-state index in [1.165, 1.54) is 6.07 Å². The van der Waals surface area contributed by atoms with E-state index in [4.69, 9.17) is 0 Å². The Morgan fingerprint density at radius 2 is 2.11 bits per heavy atom. The summed E-state index contributed by atoms with van der Waals surface area (Å²) in [6.45, 7) is 2.91. The van der Waals surface area contributed by atoms with Gasteiger partial charge < -0.3 is 4.57 Å². The molecule has 0 saturated heterocycles. The van der Waals surface area contributed by atoms with E-state index in [2.05, 4.69) is 49.0 Å². The Morgan fingerprint density at radius 1 is 1.33 bits per heavy atom. The third-order valence-electron chi connectivity index (χ3n) is 2.57. The van der Waals surface area contributed by atoms with Gasteiger partial charge in [-0.3, -0.25) is 0 Å². The number of alkyl halides is 1. The average Bonchev–Trinajstić information content (AvgIpc) is 2.76. The summed E-state index contributed by atoms with van der Waals surface area (Å²) in [7, 11) is 0. The first-order chi connectivity index (χ1) is 8.67. The van der Waals surface area contributed by atoms with Crippen molar-refractivity contribution in [3.63, 3.8) is 0 Å². The van der Waals surface area contributed by atoms with Gasteiger partial charge in [-0.1, -0.05) is 22.9 Å². The molecule has 2 rings (SSSR count). The summed E-state index contributed by atoms with van der Waals surface area (Å²) < 4.78 is 16.0. The Balaban J connectivity index is 2.49. The maximum Gasteiger partial charge on any atom is 0.164 e. The SMILES string of the molecule is CCCn1c(CBr)nnc1-c1ccc(Br)c(F)c1. The standard InChI is InChI=1S/C12H12Br2FN3/c1-2-5-18-11(7-13)16-17-12(18)8-3-4-9(14)10(15)6-8/h3-4,6H,2,5,7H2,1H3. The van der Waals surface area contributed by atoms with Gasteiger partial charge in [0.25, 0.3) is 0 Å². The van der Waals surface area contributed by atoms with Gasteiger partial charge in [0.1, 0.15) is 11.6 Å². The van der Waals surface area contributed by atoms with E-state index >= 15 is 0 Å². The maximum absolute atomic E-state index is 13.6. The summed E-state index contributed by atoms with van der Waals surface area (Å²) in [5.74, 6) is 1.27. The van der Waals surface area contributed by atoms with Crippen LogP contribution in [0.5, 0.6) is 0 Å². The van der Waals surface area contributed by atoms with Crippen LogP contribution in [-0.2, 0) is 11.9 Å². The number of hydrogen-bond donors (Lipinski definition) is 0. The van der Waals surface area contributed by atoms with Gasteiger partial charge in [-0.2, -0.15) is 0 Å². The van der Waals surface area contributed by atoms with Crippen molar-refractivity contribution in [2.45, 2.75) is 25.2 Å². The summed E-state index contributed by atoms with van der Waals surface area (Å²) in [5, 5.41) is 8.90. The monoisotopic (exact) mass is 375 g/mol. The van der Waals surface area contributed by atoms with Crippen LogP contribution >= 0.6 is 31.9 Å². The third-order valence-corrected chi connectivity index (χ3v) is 3.72. The van der Waals surface area contributed by atoms with Crippen molar-refractivity contribution in [3.05, 3.63) is 34.3 Å². The predicted octanol–water partition coefficient (Wildman–Crippen LogP) is 4.15. The highest BCUT2D eigenvalue weighted by atomic mass is 79.9. The molecule has 0 amide bonds. The largest absolute Gasteiger partial charge is 0.310 e. The molecule has 3 nitrogen and oxygen atoms in total. The molecule has 0 bridgehead atoms. The number of rotatable bonds is 4. The minimum absolute atomic E-state index is 0.293. The van der Waals surface area contributed by atoms with Crippen molar-refractivity contribution in [3.8, 4) is 11.4 Å². The van der Waals surface area contributed by atoms with E-state index in [9.17, 15) is 4.39 Å². The summed E-state index contributed by atoms with van der Waals surface area (Å²) in [6.07, 6.45) is 0.976. The topological polar surface area (TPSA) is 30.7 Å². The lowest BCUT2D eigenvalue weighted by molar-refractivity contribution is 0.620. The van der Waals surface area contributed by atoms with E-state index < -0.39 is 0 Å². The summed E-state index contributed by atoms with van der Waals surface area (Å²) >= 11 is 6.53. The number of aromatic nitrogens is 3. The molecule has 0 radical (unpaired) electrons. The van der Waals surface area contributed by atoms with Crippen LogP contribution in [0.3, 0.4) is 0 Å². The molecule has 1 aromatic carbocycles. The molecule has 0 N–H and O–H groups in total. The minimum atomic E-state index is -0.293. The Hall–Kier alpha value is -0.750. The van der Waals surface area contributed by atoms with Crippen LogP contribution in [0.1, 0.15) is 19.2 Å². The lowest BCUT2D eigenvalue weighted by Crippen LogP contribution is -2.04. The highest BCUT2D eigenvalue weighted by molar-refractivity contribution is 9.10. The zero-order valence-corrected chi connectivity index (χ0v) is 13.0. The lowest BCUT2D eigenvalue weighted by Gasteiger charge is -2.08. The second kappa shape index (κ2) is 5.93. The van der Waals surface area contributed by atoms with Crippen LogP contribution in [-0.4, -0.2) is 14.8 Å². The van der Waals surface area contributed by atoms with Crippen LogP contribution in [0.4, 0.5) is 4.39 Å². The molecular formula is C12H12Br2FN3. The second-order valence-corrected chi connectivity index (χ2v) is 5.27. The smallest absolute Gasteiger partial charge is 0.164 e. The van der Waals surface area contributed by atoms with Crippen molar-refractivity contribution < 1.29 is 4.39 Å². The predicted molar refractivity (Wildman–Crippen MR) is 76.0 cm³/mol. The van der Waals surface area contributed by atoms with Crippen molar-refractivity contribution in [2.75, 3.05) is 0 Å². The molecule has 0 fully saturated rings. The first-order valence-corrected chi connectivity index (χ1v) is 7.52. The zero-order valence-electron chi connectivity index (χ0n) is 9.83. The van der Waals surface area contributed by atoms with Crippen molar-refractivity contribution in [1.82, 2.24) is 14.8 Å². The number of hydrogen-bond acceptors (Lipinski definition) is 2. The number of nitrogens with zero attached hydrogens (tertiary/aromatic N) is 3. The Labute approximate surface area is 122 Å². The molecule has 0 aliphatic heterocycles. The normalized spacial score (nSPS) is 10.9. The quantitative estimate of drug-likeness (QED) is 0.750.